The zero-order valence-corrected chi connectivity index (χ0v) is 15.7. The van der Waals surface area contributed by atoms with E-state index in [1.54, 1.807) is 11.8 Å². The zero-order chi connectivity index (χ0) is 16.9. The molecule has 2 aromatic carbocycles. The van der Waals surface area contributed by atoms with Crippen LogP contribution in [0.1, 0.15) is 12.5 Å². The van der Waals surface area contributed by atoms with Gasteiger partial charge in [-0.25, -0.2) is 4.99 Å². The fourth-order valence-corrected chi connectivity index (χ4v) is 3.96. The van der Waals surface area contributed by atoms with E-state index < -0.39 is 0 Å². The highest BCUT2D eigenvalue weighted by molar-refractivity contribution is 8.14. The van der Waals surface area contributed by atoms with E-state index in [2.05, 4.69) is 24.4 Å². The van der Waals surface area contributed by atoms with Gasteiger partial charge in [0.1, 0.15) is 0 Å². The topological polar surface area (TPSA) is 27.6 Å². The number of thioether (sulfide) groups is 1. The Morgan fingerprint density at radius 2 is 2.12 bits per heavy atom. The van der Waals surface area contributed by atoms with Crippen LogP contribution in [0.2, 0.25) is 5.02 Å². The van der Waals surface area contributed by atoms with E-state index in [1.165, 1.54) is 5.56 Å². The second-order valence-corrected chi connectivity index (χ2v) is 7.20. The van der Waals surface area contributed by atoms with Crippen LogP contribution in [0.15, 0.2) is 53.5 Å². The molecule has 1 saturated heterocycles. The molecular formula is C18H18ClN3S2. The summed E-state index contributed by atoms with van der Waals surface area (Å²) in [6.45, 7) is 2.99. The molecule has 124 valence electrons. The van der Waals surface area contributed by atoms with E-state index in [0.29, 0.717) is 10.1 Å². The van der Waals surface area contributed by atoms with Crippen LogP contribution in [-0.2, 0) is 6.42 Å². The summed E-state index contributed by atoms with van der Waals surface area (Å²) in [4.78, 5) is 6.89. The summed E-state index contributed by atoms with van der Waals surface area (Å²) < 4.78 is 0. The maximum absolute atomic E-state index is 6.03. The largest absolute Gasteiger partial charge is 0.332 e. The summed E-state index contributed by atoms with van der Waals surface area (Å²) in [6, 6.07) is 15.8. The van der Waals surface area contributed by atoms with E-state index >= 15 is 0 Å². The van der Waals surface area contributed by atoms with E-state index in [0.717, 1.165) is 35.3 Å². The smallest absolute Gasteiger partial charge is 0.179 e. The number of nitrogens with one attached hydrogen (secondary N) is 1. The Hall–Kier alpha value is -1.56. The number of halogens is 1. The van der Waals surface area contributed by atoms with Gasteiger partial charge >= 0.3 is 0 Å². The highest BCUT2D eigenvalue weighted by Gasteiger charge is 2.23. The average Bonchev–Trinajstić information content (AvgIpc) is 3.03. The Labute approximate surface area is 157 Å². The molecule has 3 nitrogen and oxygen atoms in total. The van der Waals surface area contributed by atoms with Crippen molar-refractivity contribution in [2.75, 3.05) is 17.6 Å². The van der Waals surface area contributed by atoms with Crippen molar-refractivity contribution in [1.82, 2.24) is 4.90 Å². The molecule has 3 rings (SSSR count). The van der Waals surface area contributed by atoms with Crippen molar-refractivity contribution in [1.29, 1.82) is 0 Å². The number of para-hydroxylation sites is 1. The van der Waals surface area contributed by atoms with Crippen LogP contribution in [0, 0.1) is 0 Å². The summed E-state index contributed by atoms with van der Waals surface area (Å²) in [5.41, 5.74) is 3.14. The first-order valence-corrected chi connectivity index (χ1v) is 9.58. The van der Waals surface area contributed by atoms with Crippen LogP contribution in [0.25, 0.3) is 0 Å². The van der Waals surface area contributed by atoms with Crippen molar-refractivity contribution < 1.29 is 0 Å². The molecule has 1 fully saturated rings. The number of aryl methyl sites for hydroxylation is 1. The lowest BCUT2D eigenvalue weighted by molar-refractivity contribution is 0.687. The van der Waals surface area contributed by atoms with Gasteiger partial charge in [0.05, 0.1) is 5.69 Å². The van der Waals surface area contributed by atoms with Crippen LogP contribution in [-0.4, -0.2) is 27.5 Å². The number of amidine groups is 1. The number of thiocarbonyl (C=S) groups is 1. The van der Waals surface area contributed by atoms with Crippen LogP contribution < -0.4 is 5.32 Å². The van der Waals surface area contributed by atoms with Crippen molar-refractivity contribution in [3.63, 3.8) is 0 Å². The van der Waals surface area contributed by atoms with Gasteiger partial charge in [0, 0.05) is 23.0 Å². The Morgan fingerprint density at radius 1 is 1.29 bits per heavy atom. The van der Waals surface area contributed by atoms with Gasteiger partial charge in [0.2, 0.25) is 0 Å². The number of benzene rings is 2. The quantitative estimate of drug-likeness (QED) is 0.733. The molecule has 0 spiro atoms. The number of aliphatic imine (C=N–C) groups is 1. The fourth-order valence-electron chi connectivity index (χ4n) is 2.46. The maximum atomic E-state index is 6.03. The Balaban J connectivity index is 1.80. The summed E-state index contributed by atoms with van der Waals surface area (Å²) in [7, 11) is 0. The predicted octanol–water partition coefficient (Wildman–Crippen LogP) is 5.34. The van der Waals surface area contributed by atoms with Crippen LogP contribution in [0.5, 0.6) is 0 Å². The molecule has 2 aromatic rings. The lowest BCUT2D eigenvalue weighted by Crippen LogP contribution is -2.35. The Morgan fingerprint density at radius 3 is 2.92 bits per heavy atom. The van der Waals surface area contributed by atoms with Crippen molar-refractivity contribution >= 4 is 57.2 Å². The third-order valence-corrected chi connectivity index (χ3v) is 5.20. The second-order valence-electron chi connectivity index (χ2n) is 5.32. The molecule has 24 heavy (non-hydrogen) atoms. The number of nitrogens with zero attached hydrogens (tertiary/aromatic N) is 2. The first-order chi connectivity index (χ1) is 11.7. The number of hydrogen-bond donors (Lipinski definition) is 1. The SMILES string of the molecule is CCc1ccccc1/N=C1/SCCN1C(=S)Nc1cccc(Cl)c1. The van der Waals surface area contributed by atoms with Crippen LogP contribution in [0.4, 0.5) is 11.4 Å². The Bertz CT molecular complexity index is 776. The van der Waals surface area contributed by atoms with Gasteiger partial charge in [-0.15, -0.1) is 0 Å². The summed E-state index contributed by atoms with van der Waals surface area (Å²) >= 11 is 13.3. The van der Waals surface area contributed by atoms with E-state index in [4.69, 9.17) is 28.8 Å². The highest BCUT2D eigenvalue weighted by Crippen LogP contribution is 2.26. The summed E-state index contributed by atoms with van der Waals surface area (Å²) in [6.07, 6.45) is 0.961. The third kappa shape index (κ3) is 4.09. The molecule has 0 aliphatic carbocycles. The van der Waals surface area contributed by atoms with Gasteiger partial charge in [-0.05, 0) is 48.5 Å². The standard InChI is InChI=1S/C18H18ClN3S2/c1-2-13-6-3-4-9-16(13)21-18-22(10-11-24-18)17(23)20-15-8-5-7-14(19)12-15/h3-9,12H,2,10-11H2,1H3,(H,20,23)/b21-18+. The summed E-state index contributed by atoms with van der Waals surface area (Å²) in [5.74, 6) is 0.977. The highest BCUT2D eigenvalue weighted by atomic mass is 35.5. The number of hydrogen-bond acceptors (Lipinski definition) is 3. The average molecular weight is 376 g/mol. The second kappa shape index (κ2) is 8.01. The molecule has 0 amide bonds. The van der Waals surface area contributed by atoms with Crippen molar-refractivity contribution in [2.24, 2.45) is 4.99 Å². The minimum atomic E-state index is 0.648. The molecule has 1 heterocycles. The van der Waals surface area contributed by atoms with Crippen LogP contribution >= 0.6 is 35.6 Å². The molecule has 1 aliphatic rings. The van der Waals surface area contributed by atoms with Gasteiger partial charge in [-0.3, -0.25) is 4.90 Å². The molecular weight excluding hydrogens is 358 g/mol. The van der Waals surface area contributed by atoms with Crippen molar-refractivity contribution in [3.8, 4) is 0 Å². The van der Waals surface area contributed by atoms with Gasteiger partial charge in [-0.1, -0.05) is 54.6 Å². The molecule has 0 aromatic heterocycles. The minimum Gasteiger partial charge on any atom is -0.332 e. The molecule has 1 aliphatic heterocycles. The van der Waals surface area contributed by atoms with Gasteiger partial charge in [-0.2, -0.15) is 0 Å². The lowest BCUT2D eigenvalue weighted by Gasteiger charge is -2.20. The molecule has 6 heteroatoms. The maximum Gasteiger partial charge on any atom is 0.179 e. The Kier molecular flexibility index (Phi) is 5.76. The van der Waals surface area contributed by atoms with Gasteiger partial charge < -0.3 is 5.32 Å². The van der Waals surface area contributed by atoms with E-state index in [1.807, 2.05) is 41.3 Å². The van der Waals surface area contributed by atoms with Gasteiger partial charge in [0.15, 0.2) is 10.3 Å². The van der Waals surface area contributed by atoms with E-state index in [-0.39, 0.29) is 0 Å². The first-order valence-electron chi connectivity index (χ1n) is 7.81. The van der Waals surface area contributed by atoms with E-state index in [9.17, 15) is 0 Å². The molecule has 1 N–H and O–H groups in total. The minimum absolute atomic E-state index is 0.648. The molecule has 0 saturated carbocycles. The fraction of sp³-hybridized carbons (Fsp3) is 0.222. The first kappa shape index (κ1) is 17.3. The molecule has 0 unspecified atom stereocenters. The van der Waals surface area contributed by atoms with Gasteiger partial charge in [0.25, 0.3) is 0 Å². The lowest BCUT2D eigenvalue weighted by atomic mass is 10.1. The third-order valence-electron chi connectivity index (χ3n) is 3.69. The monoisotopic (exact) mass is 375 g/mol. The van der Waals surface area contributed by atoms with Crippen molar-refractivity contribution in [3.05, 3.63) is 59.1 Å². The molecule has 0 radical (unpaired) electrons. The molecule has 0 atom stereocenters. The zero-order valence-electron chi connectivity index (χ0n) is 13.3. The predicted molar refractivity (Wildman–Crippen MR) is 110 cm³/mol. The number of rotatable bonds is 3. The summed E-state index contributed by atoms with van der Waals surface area (Å²) in [5, 5.41) is 5.52. The normalized spacial score (nSPS) is 15.8. The van der Waals surface area contributed by atoms with Crippen LogP contribution in [0.3, 0.4) is 0 Å². The molecule has 0 bridgehead atoms. The number of anilines is 1. The van der Waals surface area contributed by atoms with Crippen molar-refractivity contribution in [2.45, 2.75) is 13.3 Å².